The molecule has 1 unspecified atom stereocenters. The van der Waals surface area contributed by atoms with Crippen molar-refractivity contribution in [1.82, 2.24) is 4.90 Å². The van der Waals surface area contributed by atoms with E-state index in [1.807, 2.05) is 68.4 Å². The lowest BCUT2D eigenvalue weighted by molar-refractivity contribution is 0.0725. The zero-order valence-corrected chi connectivity index (χ0v) is 23.4. The minimum absolute atomic E-state index is 0. The third-order valence-corrected chi connectivity index (χ3v) is 7.31. The number of benzene rings is 4. The smallest absolute Gasteiger partial charge is 0.343 e. The molecule has 5 rings (SSSR count). The van der Waals surface area contributed by atoms with E-state index in [-0.39, 0.29) is 12.4 Å². The molecule has 1 aliphatic rings. The van der Waals surface area contributed by atoms with E-state index in [0.29, 0.717) is 28.7 Å². The molecule has 1 heterocycles. The van der Waals surface area contributed by atoms with Gasteiger partial charge in [0.25, 0.3) is 0 Å². The summed E-state index contributed by atoms with van der Waals surface area (Å²) in [5, 5.41) is 1.54. The van der Waals surface area contributed by atoms with Gasteiger partial charge in [-0.3, -0.25) is 0 Å². The topological polar surface area (TPSA) is 55.8 Å². The van der Waals surface area contributed by atoms with Gasteiger partial charge in [0.05, 0.1) is 11.1 Å². The third-order valence-electron chi connectivity index (χ3n) is 7.31. The fourth-order valence-electron chi connectivity index (χ4n) is 5.09. The second kappa shape index (κ2) is 12.5. The summed E-state index contributed by atoms with van der Waals surface area (Å²) >= 11 is 0. The molecule has 1 aliphatic heterocycles. The van der Waals surface area contributed by atoms with Gasteiger partial charge in [-0.1, -0.05) is 53.6 Å². The minimum Gasteiger partial charge on any atom is -0.422 e. The number of esters is 2. The molecule has 5 nitrogen and oxygen atoms in total. The summed E-state index contributed by atoms with van der Waals surface area (Å²) in [6, 6.07) is 24.4. The fourth-order valence-corrected chi connectivity index (χ4v) is 5.09. The quantitative estimate of drug-likeness (QED) is 0.180. The lowest BCUT2D eigenvalue weighted by atomic mass is 9.97. The van der Waals surface area contributed by atoms with Gasteiger partial charge < -0.3 is 14.4 Å². The number of hydrogen-bond acceptors (Lipinski definition) is 5. The maximum atomic E-state index is 13.1. The molecule has 1 fully saturated rings. The van der Waals surface area contributed by atoms with Crippen molar-refractivity contribution in [1.29, 1.82) is 0 Å². The van der Waals surface area contributed by atoms with Crippen LogP contribution in [0.5, 0.6) is 11.5 Å². The first-order chi connectivity index (χ1) is 18.4. The van der Waals surface area contributed by atoms with Crippen molar-refractivity contribution in [3.8, 4) is 11.5 Å². The Hall–Kier alpha value is -3.67. The number of ether oxygens (including phenoxy) is 2. The predicted octanol–water partition coefficient (Wildman–Crippen LogP) is 7.34. The first kappa shape index (κ1) is 28.3. The number of likely N-dealkylation sites (tertiary alicyclic amines) is 1. The highest BCUT2D eigenvalue weighted by atomic mass is 35.5. The molecule has 1 atom stereocenters. The molecular weight excluding hydrogens is 510 g/mol. The van der Waals surface area contributed by atoms with E-state index in [0.717, 1.165) is 47.0 Å². The van der Waals surface area contributed by atoms with Crippen LogP contribution in [0.4, 0.5) is 0 Å². The summed E-state index contributed by atoms with van der Waals surface area (Å²) in [4.78, 5) is 28.5. The summed E-state index contributed by atoms with van der Waals surface area (Å²) in [5.74, 6) is 0.0611. The van der Waals surface area contributed by atoms with Gasteiger partial charge in [0.2, 0.25) is 0 Å². The van der Waals surface area contributed by atoms with Crippen LogP contribution in [0.2, 0.25) is 0 Å². The number of fused-ring (bicyclic) bond motifs is 1. The maximum absolute atomic E-state index is 13.1. The highest BCUT2D eigenvalue weighted by molar-refractivity contribution is 6.01. The van der Waals surface area contributed by atoms with Crippen molar-refractivity contribution in [2.24, 2.45) is 0 Å². The number of aryl methyl sites for hydroxylation is 2. The van der Waals surface area contributed by atoms with Crippen LogP contribution in [0.3, 0.4) is 0 Å². The van der Waals surface area contributed by atoms with Gasteiger partial charge in [-0.25, -0.2) is 9.59 Å². The van der Waals surface area contributed by atoms with Crippen LogP contribution in [0.15, 0.2) is 78.9 Å². The molecule has 1 saturated heterocycles. The van der Waals surface area contributed by atoms with Gasteiger partial charge in [0.15, 0.2) is 0 Å². The van der Waals surface area contributed by atoms with E-state index >= 15 is 0 Å². The van der Waals surface area contributed by atoms with Crippen molar-refractivity contribution < 1.29 is 19.1 Å². The van der Waals surface area contributed by atoms with Crippen LogP contribution in [0, 0.1) is 13.8 Å². The molecule has 202 valence electrons. The Morgan fingerprint density at radius 1 is 0.744 bits per heavy atom. The van der Waals surface area contributed by atoms with Crippen molar-refractivity contribution >= 4 is 35.1 Å². The van der Waals surface area contributed by atoms with Gasteiger partial charge in [0, 0.05) is 16.8 Å². The fraction of sp³-hybridized carbons (Fsp3) is 0.273. The Labute approximate surface area is 236 Å². The van der Waals surface area contributed by atoms with Crippen LogP contribution in [-0.4, -0.2) is 36.0 Å². The lowest BCUT2D eigenvalue weighted by Gasteiger charge is -2.25. The number of hydrogen-bond donors (Lipinski definition) is 0. The van der Waals surface area contributed by atoms with E-state index in [1.54, 1.807) is 24.3 Å². The normalized spacial score (nSPS) is 14.0. The first-order valence-electron chi connectivity index (χ1n) is 13.3. The first-order valence-corrected chi connectivity index (χ1v) is 13.3. The molecule has 6 heteroatoms. The predicted molar refractivity (Wildman–Crippen MR) is 157 cm³/mol. The van der Waals surface area contributed by atoms with E-state index in [2.05, 4.69) is 11.8 Å². The van der Waals surface area contributed by atoms with E-state index in [4.69, 9.17) is 9.47 Å². The minimum atomic E-state index is -0.425. The Morgan fingerprint density at radius 2 is 1.28 bits per heavy atom. The number of rotatable bonds is 7. The molecular formula is C33H34ClNO4. The Balaban J connectivity index is 0.00000353. The average molecular weight is 544 g/mol. The molecule has 0 spiro atoms. The molecule has 0 saturated carbocycles. The van der Waals surface area contributed by atoms with E-state index < -0.39 is 11.9 Å². The highest BCUT2D eigenvalue weighted by Crippen LogP contribution is 2.37. The van der Waals surface area contributed by atoms with Gasteiger partial charge in [-0.2, -0.15) is 0 Å². The number of nitrogens with zero attached hydrogens (tertiary/aromatic N) is 1. The molecule has 0 aliphatic carbocycles. The van der Waals surface area contributed by atoms with Crippen molar-refractivity contribution in [2.75, 3.05) is 13.1 Å². The van der Waals surface area contributed by atoms with Crippen LogP contribution in [0.1, 0.15) is 57.2 Å². The molecule has 0 radical (unpaired) electrons. The van der Waals surface area contributed by atoms with Gasteiger partial charge in [0.1, 0.15) is 11.5 Å². The number of halogens is 1. The molecule has 39 heavy (non-hydrogen) atoms. The number of carbonyl (C=O) groups excluding carboxylic acids is 2. The summed E-state index contributed by atoms with van der Waals surface area (Å²) in [6.07, 6.45) is 3.23. The molecule has 0 aromatic heterocycles. The average Bonchev–Trinajstić information content (AvgIpc) is 3.46. The molecule has 4 aromatic rings. The van der Waals surface area contributed by atoms with Gasteiger partial charge in [-0.05, 0) is 95.1 Å². The Morgan fingerprint density at radius 3 is 1.85 bits per heavy atom. The van der Waals surface area contributed by atoms with Gasteiger partial charge in [-0.15, -0.1) is 12.4 Å². The van der Waals surface area contributed by atoms with Crippen LogP contribution in [-0.2, 0) is 6.42 Å². The third kappa shape index (κ3) is 6.49. The second-order valence-corrected chi connectivity index (χ2v) is 10.2. The monoisotopic (exact) mass is 543 g/mol. The van der Waals surface area contributed by atoms with E-state index in [9.17, 15) is 9.59 Å². The Bertz CT molecular complexity index is 1460. The van der Waals surface area contributed by atoms with Crippen LogP contribution in [0.25, 0.3) is 10.8 Å². The SMILES string of the molecule is Cc1ccc(C(=O)Oc2ccc(CC(C)N3CCCC3)c3c(OC(=O)c4ccc(C)cc4)cccc23)cc1.Cl. The van der Waals surface area contributed by atoms with Crippen molar-refractivity contribution in [2.45, 2.75) is 46.1 Å². The molecule has 0 N–H and O–H groups in total. The highest BCUT2D eigenvalue weighted by Gasteiger charge is 2.22. The summed E-state index contributed by atoms with van der Waals surface area (Å²) in [7, 11) is 0. The number of carbonyl (C=O) groups is 2. The van der Waals surface area contributed by atoms with Crippen LogP contribution >= 0.6 is 12.4 Å². The standard InChI is InChI=1S/C33H33NO4.ClH/c1-22-9-13-25(14-10-22)32(35)37-29-18-17-27(21-24(3)34-19-4-5-20-34)31-28(29)7-6-8-30(31)38-33(36)26-15-11-23(2)12-16-26;/h6-18,24H,4-5,19-21H2,1-3H3;1H. The van der Waals surface area contributed by atoms with Crippen molar-refractivity contribution in [3.05, 3.63) is 107 Å². The zero-order chi connectivity index (χ0) is 26.6. The second-order valence-electron chi connectivity index (χ2n) is 10.2. The van der Waals surface area contributed by atoms with Crippen molar-refractivity contribution in [3.63, 3.8) is 0 Å². The largest absolute Gasteiger partial charge is 0.422 e. The summed E-state index contributed by atoms with van der Waals surface area (Å²) in [5.41, 5.74) is 4.18. The summed E-state index contributed by atoms with van der Waals surface area (Å²) in [6.45, 7) is 8.39. The maximum Gasteiger partial charge on any atom is 0.343 e. The molecule has 4 aromatic carbocycles. The van der Waals surface area contributed by atoms with Crippen LogP contribution < -0.4 is 9.47 Å². The molecule has 0 bridgehead atoms. The summed E-state index contributed by atoms with van der Waals surface area (Å²) < 4.78 is 11.8. The van der Waals surface area contributed by atoms with E-state index in [1.165, 1.54) is 12.8 Å². The zero-order valence-electron chi connectivity index (χ0n) is 22.6. The molecule has 0 amide bonds. The Kier molecular flexibility index (Phi) is 9.05. The lowest BCUT2D eigenvalue weighted by Crippen LogP contribution is -2.31. The van der Waals surface area contributed by atoms with Gasteiger partial charge >= 0.3 is 11.9 Å².